The summed E-state index contributed by atoms with van der Waals surface area (Å²) in [6.45, 7) is -0.00434. The molecule has 0 aromatic heterocycles. The molecule has 1 heterocycles. The first-order valence-corrected chi connectivity index (χ1v) is 5.57. The highest BCUT2D eigenvalue weighted by atomic mass is 16.8. The maximum atomic E-state index is 11.1. The van der Waals surface area contributed by atoms with Gasteiger partial charge in [-0.3, -0.25) is 30.3 Å². The molecular weight excluding hydrogens is 266 g/mol. The Kier molecular flexibility index (Phi) is 3.32. The standard InChI is InChI=1S/C8H11N3O8/c12-9(13)5-3-6(10(14)15)8(18-1-2-19-8)7(4-5)11(16)17/h5-7H,1-4H2. The van der Waals surface area contributed by atoms with E-state index in [4.69, 9.17) is 9.47 Å². The molecule has 0 aromatic rings. The number of nitro groups is 3. The van der Waals surface area contributed by atoms with Crippen LogP contribution in [0, 0.1) is 30.3 Å². The van der Waals surface area contributed by atoms with E-state index in [-0.39, 0.29) is 13.2 Å². The van der Waals surface area contributed by atoms with Crippen molar-refractivity contribution in [2.75, 3.05) is 13.2 Å². The van der Waals surface area contributed by atoms with Crippen LogP contribution in [-0.2, 0) is 9.47 Å². The highest BCUT2D eigenvalue weighted by Crippen LogP contribution is 2.40. The van der Waals surface area contributed by atoms with Gasteiger partial charge in [-0.25, -0.2) is 0 Å². The van der Waals surface area contributed by atoms with Gasteiger partial charge in [-0.2, -0.15) is 0 Å². The summed E-state index contributed by atoms with van der Waals surface area (Å²) >= 11 is 0. The lowest BCUT2D eigenvalue weighted by molar-refractivity contribution is -0.649. The Morgan fingerprint density at radius 2 is 1.26 bits per heavy atom. The van der Waals surface area contributed by atoms with Gasteiger partial charge in [0.2, 0.25) is 6.04 Å². The molecule has 19 heavy (non-hydrogen) atoms. The number of nitrogens with zero attached hydrogens (tertiary/aromatic N) is 3. The molecule has 0 amide bonds. The van der Waals surface area contributed by atoms with Crippen molar-refractivity contribution in [2.24, 2.45) is 0 Å². The van der Waals surface area contributed by atoms with Crippen molar-refractivity contribution < 1.29 is 24.2 Å². The summed E-state index contributed by atoms with van der Waals surface area (Å²) in [7, 11) is 0. The molecule has 0 bridgehead atoms. The van der Waals surface area contributed by atoms with Gasteiger partial charge in [0.15, 0.2) is 0 Å². The summed E-state index contributed by atoms with van der Waals surface area (Å²) < 4.78 is 10.3. The zero-order valence-corrected chi connectivity index (χ0v) is 9.67. The normalized spacial score (nSPS) is 33.2. The molecule has 2 aliphatic rings. The summed E-state index contributed by atoms with van der Waals surface area (Å²) in [6, 6.07) is -4.58. The molecule has 1 aliphatic heterocycles. The lowest BCUT2D eigenvalue weighted by Crippen LogP contribution is -2.64. The van der Waals surface area contributed by atoms with Crippen LogP contribution in [0.4, 0.5) is 0 Å². The fourth-order valence-corrected chi connectivity index (χ4v) is 2.63. The minimum Gasteiger partial charge on any atom is -0.336 e. The van der Waals surface area contributed by atoms with Crippen LogP contribution < -0.4 is 0 Å². The molecule has 1 saturated heterocycles. The lowest BCUT2D eigenvalue weighted by Gasteiger charge is -2.35. The van der Waals surface area contributed by atoms with Crippen LogP contribution in [0.5, 0.6) is 0 Å². The Bertz CT molecular complexity index is 394. The third-order valence-electron chi connectivity index (χ3n) is 3.47. The molecule has 2 fully saturated rings. The molecule has 2 atom stereocenters. The zero-order valence-electron chi connectivity index (χ0n) is 9.67. The lowest BCUT2D eigenvalue weighted by atomic mass is 9.82. The van der Waals surface area contributed by atoms with Crippen molar-refractivity contribution >= 4 is 0 Å². The van der Waals surface area contributed by atoms with Gasteiger partial charge in [0.25, 0.3) is 12.1 Å². The third kappa shape index (κ3) is 2.10. The Labute approximate surface area is 105 Å². The van der Waals surface area contributed by atoms with Crippen LogP contribution in [0.2, 0.25) is 0 Å². The van der Waals surface area contributed by atoms with Gasteiger partial charge >= 0.3 is 5.79 Å². The minimum absolute atomic E-state index is 0.00217. The summed E-state index contributed by atoms with van der Waals surface area (Å²) in [5.41, 5.74) is 0. The van der Waals surface area contributed by atoms with Crippen LogP contribution in [-0.4, -0.2) is 51.9 Å². The van der Waals surface area contributed by atoms with Crippen LogP contribution >= 0.6 is 0 Å². The van der Waals surface area contributed by atoms with E-state index in [0.29, 0.717) is 0 Å². The average molecular weight is 277 g/mol. The van der Waals surface area contributed by atoms with Crippen LogP contribution in [0.25, 0.3) is 0 Å². The van der Waals surface area contributed by atoms with Gasteiger partial charge in [0, 0.05) is 14.8 Å². The quantitative estimate of drug-likeness (QED) is 0.493. The topological polar surface area (TPSA) is 148 Å². The Morgan fingerprint density at radius 3 is 1.58 bits per heavy atom. The molecule has 1 aliphatic carbocycles. The van der Waals surface area contributed by atoms with E-state index < -0.39 is 51.5 Å². The maximum Gasteiger partial charge on any atom is 0.308 e. The van der Waals surface area contributed by atoms with E-state index in [2.05, 4.69) is 0 Å². The first-order valence-electron chi connectivity index (χ1n) is 5.57. The SMILES string of the molecule is O=[N+]([O-])C1CC([N+](=O)[O-])C2(OCCO2)C([N+](=O)[O-])C1. The first-order chi connectivity index (χ1) is 8.88. The van der Waals surface area contributed by atoms with Gasteiger partial charge in [-0.15, -0.1) is 0 Å². The molecule has 0 aromatic carbocycles. The van der Waals surface area contributed by atoms with Gasteiger partial charge < -0.3 is 9.47 Å². The molecule has 11 heteroatoms. The molecule has 2 unspecified atom stereocenters. The molecule has 11 nitrogen and oxygen atoms in total. The second-order valence-corrected chi connectivity index (χ2v) is 4.43. The maximum absolute atomic E-state index is 11.1. The largest absolute Gasteiger partial charge is 0.336 e. The number of ether oxygens (including phenoxy) is 2. The third-order valence-corrected chi connectivity index (χ3v) is 3.47. The van der Waals surface area contributed by atoms with E-state index in [1.54, 1.807) is 0 Å². The molecule has 106 valence electrons. The molecule has 0 N–H and O–H groups in total. The molecule has 0 radical (unpaired) electrons. The van der Waals surface area contributed by atoms with E-state index in [1.807, 2.05) is 0 Å². The van der Waals surface area contributed by atoms with Crippen molar-refractivity contribution in [1.29, 1.82) is 0 Å². The average Bonchev–Trinajstić information content (AvgIpc) is 2.77. The highest BCUT2D eigenvalue weighted by Gasteiger charge is 2.69. The highest BCUT2D eigenvalue weighted by molar-refractivity contribution is 4.97. The van der Waals surface area contributed by atoms with Crippen molar-refractivity contribution in [2.45, 2.75) is 36.8 Å². The Balaban J connectivity index is 2.39. The van der Waals surface area contributed by atoms with Gasteiger partial charge in [-0.05, 0) is 0 Å². The Hall–Kier alpha value is -1.88. The van der Waals surface area contributed by atoms with Gasteiger partial charge in [-0.1, -0.05) is 0 Å². The number of hydrogen-bond donors (Lipinski definition) is 0. The second-order valence-electron chi connectivity index (χ2n) is 4.43. The zero-order chi connectivity index (χ0) is 14.2. The number of rotatable bonds is 3. The van der Waals surface area contributed by atoms with E-state index in [9.17, 15) is 30.3 Å². The van der Waals surface area contributed by atoms with Crippen molar-refractivity contribution in [3.05, 3.63) is 30.3 Å². The summed E-state index contributed by atoms with van der Waals surface area (Å²) in [5.74, 6) is -1.99. The van der Waals surface area contributed by atoms with Gasteiger partial charge in [0.1, 0.15) is 0 Å². The van der Waals surface area contributed by atoms with E-state index in [0.717, 1.165) is 0 Å². The predicted octanol–water partition coefficient (Wildman–Crippen LogP) is -0.541. The monoisotopic (exact) mass is 277 g/mol. The first kappa shape index (κ1) is 13.5. The fourth-order valence-electron chi connectivity index (χ4n) is 2.63. The van der Waals surface area contributed by atoms with Crippen molar-refractivity contribution in [3.8, 4) is 0 Å². The molecule has 2 rings (SSSR count). The fraction of sp³-hybridized carbons (Fsp3) is 1.00. The summed E-state index contributed by atoms with van der Waals surface area (Å²) in [6.07, 6.45) is -0.880. The van der Waals surface area contributed by atoms with Crippen LogP contribution in [0.1, 0.15) is 12.8 Å². The molecule has 1 saturated carbocycles. The molecular formula is C8H11N3O8. The minimum atomic E-state index is -1.99. The smallest absolute Gasteiger partial charge is 0.308 e. The van der Waals surface area contributed by atoms with Crippen LogP contribution in [0.3, 0.4) is 0 Å². The second kappa shape index (κ2) is 4.66. The Morgan fingerprint density at radius 1 is 0.842 bits per heavy atom. The summed E-state index contributed by atoms with van der Waals surface area (Å²) in [4.78, 5) is 30.6. The van der Waals surface area contributed by atoms with Gasteiger partial charge in [0.05, 0.1) is 26.1 Å². The van der Waals surface area contributed by atoms with Crippen LogP contribution in [0.15, 0.2) is 0 Å². The molecule has 1 spiro atoms. The van der Waals surface area contributed by atoms with E-state index in [1.165, 1.54) is 0 Å². The number of hydrogen-bond acceptors (Lipinski definition) is 8. The van der Waals surface area contributed by atoms with Crippen molar-refractivity contribution in [1.82, 2.24) is 0 Å². The summed E-state index contributed by atoms with van der Waals surface area (Å²) in [5, 5.41) is 32.9. The van der Waals surface area contributed by atoms with Crippen molar-refractivity contribution in [3.63, 3.8) is 0 Å². The van der Waals surface area contributed by atoms with E-state index >= 15 is 0 Å². The predicted molar refractivity (Wildman–Crippen MR) is 56.2 cm³/mol.